The average molecular weight is 412 g/mol. The third kappa shape index (κ3) is 4.48. The van der Waals surface area contributed by atoms with Crippen LogP contribution in [-0.4, -0.2) is 24.0 Å². The minimum Gasteiger partial charge on any atom is -0.507 e. The lowest BCUT2D eigenvalue weighted by Crippen LogP contribution is -2.17. The molecule has 0 fully saturated rings. The summed E-state index contributed by atoms with van der Waals surface area (Å²) < 4.78 is 5.74. The summed E-state index contributed by atoms with van der Waals surface area (Å²) in [6.07, 6.45) is 0. The van der Waals surface area contributed by atoms with Gasteiger partial charge in [0.15, 0.2) is 0 Å². The molecule has 0 saturated carbocycles. The Morgan fingerprint density at radius 2 is 1.48 bits per heavy atom. The van der Waals surface area contributed by atoms with E-state index in [4.69, 9.17) is 4.74 Å². The second kappa shape index (κ2) is 8.59. The molecule has 31 heavy (non-hydrogen) atoms. The normalized spacial score (nSPS) is 10.5. The molecule has 0 saturated heterocycles. The Morgan fingerprint density at radius 1 is 0.774 bits per heavy atom. The average Bonchev–Trinajstić information content (AvgIpc) is 2.79. The molecule has 0 bridgehead atoms. The maximum atomic E-state index is 12.7. The smallest absolute Gasteiger partial charge is 0.259 e. The monoisotopic (exact) mass is 412 g/mol. The maximum Gasteiger partial charge on any atom is 0.259 e. The van der Waals surface area contributed by atoms with Gasteiger partial charge in [-0.3, -0.25) is 9.59 Å². The van der Waals surface area contributed by atoms with Crippen LogP contribution >= 0.6 is 0 Å². The number of phenols is 1. The summed E-state index contributed by atoms with van der Waals surface area (Å²) in [7, 11) is 1.55. The van der Waals surface area contributed by atoms with Crippen LogP contribution in [0.2, 0.25) is 0 Å². The standard InChI is InChI=1S/C25H20N2O4/c1-26-24(29)17-8-7-16-15-23(28)22(14-18(16)13-17)25(30)27-19-9-11-21(12-10-19)31-20-5-3-2-4-6-20/h2-15,28H,1H3,(H,26,29)(H,27,30). The van der Waals surface area contributed by atoms with Crippen molar-refractivity contribution in [2.24, 2.45) is 0 Å². The Kier molecular flexibility index (Phi) is 5.53. The molecule has 3 N–H and O–H groups in total. The highest BCUT2D eigenvalue weighted by molar-refractivity contribution is 6.09. The Bertz CT molecular complexity index is 1250. The number of phenolic OH excluding ortho intramolecular Hbond substituents is 1. The number of ether oxygens (including phenoxy) is 1. The molecule has 0 atom stereocenters. The highest BCUT2D eigenvalue weighted by atomic mass is 16.5. The largest absolute Gasteiger partial charge is 0.507 e. The third-order valence-electron chi connectivity index (χ3n) is 4.78. The fraction of sp³-hybridized carbons (Fsp3) is 0.0400. The van der Waals surface area contributed by atoms with Gasteiger partial charge in [-0.2, -0.15) is 0 Å². The summed E-state index contributed by atoms with van der Waals surface area (Å²) in [6, 6.07) is 24.5. The van der Waals surface area contributed by atoms with Crippen molar-refractivity contribution in [3.8, 4) is 17.2 Å². The molecule has 0 aromatic heterocycles. The number of aromatic hydroxyl groups is 1. The summed E-state index contributed by atoms with van der Waals surface area (Å²) in [5, 5.41) is 17.1. The molecule has 0 spiro atoms. The lowest BCUT2D eigenvalue weighted by Gasteiger charge is -2.10. The summed E-state index contributed by atoms with van der Waals surface area (Å²) in [5.41, 5.74) is 1.15. The first-order valence-corrected chi connectivity index (χ1v) is 9.66. The van der Waals surface area contributed by atoms with Gasteiger partial charge in [0, 0.05) is 18.3 Å². The van der Waals surface area contributed by atoms with Crippen LogP contribution in [0.4, 0.5) is 5.69 Å². The van der Waals surface area contributed by atoms with Crippen LogP contribution in [0.5, 0.6) is 17.2 Å². The van der Waals surface area contributed by atoms with Gasteiger partial charge in [-0.15, -0.1) is 0 Å². The van der Waals surface area contributed by atoms with Gasteiger partial charge < -0.3 is 20.5 Å². The van der Waals surface area contributed by atoms with Gasteiger partial charge in [-0.25, -0.2) is 0 Å². The summed E-state index contributed by atoms with van der Waals surface area (Å²) >= 11 is 0. The van der Waals surface area contributed by atoms with Crippen molar-refractivity contribution in [1.29, 1.82) is 0 Å². The zero-order valence-corrected chi connectivity index (χ0v) is 16.8. The number of anilines is 1. The second-order valence-corrected chi connectivity index (χ2v) is 6.90. The molecule has 0 aliphatic heterocycles. The van der Waals surface area contributed by atoms with Crippen LogP contribution < -0.4 is 15.4 Å². The minimum absolute atomic E-state index is 0.117. The number of fused-ring (bicyclic) bond motifs is 1. The fourth-order valence-corrected chi connectivity index (χ4v) is 3.18. The van der Waals surface area contributed by atoms with Crippen molar-refractivity contribution in [2.75, 3.05) is 12.4 Å². The predicted octanol–water partition coefficient (Wildman–Crippen LogP) is 4.95. The molecule has 154 valence electrons. The third-order valence-corrected chi connectivity index (χ3v) is 4.78. The highest BCUT2D eigenvalue weighted by Gasteiger charge is 2.14. The van der Waals surface area contributed by atoms with E-state index >= 15 is 0 Å². The number of amides is 2. The summed E-state index contributed by atoms with van der Waals surface area (Å²) in [5.74, 6) is 0.540. The van der Waals surface area contributed by atoms with Gasteiger partial charge >= 0.3 is 0 Å². The Balaban J connectivity index is 1.53. The zero-order chi connectivity index (χ0) is 21.8. The second-order valence-electron chi connectivity index (χ2n) is 6.90. The van der Waals surface area contributed by atoms with Crippen LogP contribution in [0.3, 0.4) is 0 Å². The first kappa shape index (κ1) is 20.0. The van der Waals surface area contributed by atoms with Crippen LogP contribution in [0.15, 0.2) is 84.9 Å². The Hall–Kier alpha value is -4.32. The Labute approximate surface area is 179 Å². The summed E-state index contributed by atoms with van der Waals surface area (Å²) in [6.45, 7) is 0. The highest BCUT2D eigenvalue weighted by Crippen LogP contribution is 2.28. The van der Waals surface area contributed by atoms with Crippen molar-refractivity contribution in [1.82, 2.24) is 5.32 Å². The van der Waals surface area contributed by atoms with Crippen molar-refractivity contribution in [3.05, 3.63) is 96.1 Å². The van der Waals surface area contributed by atoms with E-state index in [-0.39, 0.29) is 17.2 Å². The van der Waals surface area contributed by atoms with Crippen molar-refractivity contribution in [2.45, 2.75) is 0 Å². The van der Waals surface area contributed by atoms with Crippen molar-refractivity contribution < 1.29 is 19.4 Å². The molecule has 0 aliphatic rings. The number of nitrogens with one attached hydrogen (secondary N) is 2. The molecule has 4 rings (SSSR count). The van der Waals surface area contributed by atoms with Crippen LogP contribution in [-0.2, 0) is 0 Å². The molecule has 4 aromatic rings. The lowest BCUT2D eigenvalue weighted by atomic mass is 10.0. The number of benzene rings is 4. The van der Waals surface area contributed by atoms with Crippen LogP contribution in [0.1, 0.15) is 20.7 Å². The number of para-hydroxylation sites is 1. The predicted molar refractivity (Wildman–Crippen MR) is 120 cm³/mol. The number of carbonyl (C=O) groups is 2. The van der Waals surface area contributed by atoms with E-state index < -0.39 is 5.91 Å². The van der Waals surface area contributed by atoms with E-state index in [0.717, 1.165) is 11.1 Å². The van der Waals surface area contributed by atoms with Gasteiger partial charge in [-0.1, -0.05) is 24.3 Å². The molecular weight excluding hydrogens is 392 g/mol. The number of rotatable bonds is 5. The van der Waals surface area contributed by atoms with Crippen molar-refractivity contribution in [3.63, 3.8) is 0 Å². The lowest BCUT2D eigenvalue weighted by molar-refractivity contribution is 0.0962. The molecule has 0 aliphatic carbocycles. The molecule has 4 aromatic carbocycles. The SMILES string of the molecule is CNC(=O)c1ccc2cc(O)c(C(=O)Nc3ccc(Oc4ccccc4)cc3)cc2c1. The maximum absolute atomic E-state index is 12.7. The van der Waals surface area contributed by atoms with E-state index in [0.29, 0.717) is 22.4 Å². The number of hydrogen-bond donors (Lipinski definition) is 3. The summed E-state index contributed by atoms with van der Waals surface area (Å²) in [4.78, 5) is 24.6. The number of hydrogen-bond acceptors (Lipinski definition) is 4. The van der Waals surface area contributed by atoms with E-state index in [1.807, 2.05) is 30.3 Å². The van der Waals surface area contributed by atoms with Gasteiger partial charge in [0.25, 0.3) is 11.8 Å². The topological polar surface area (TPSA) is 87.7 Å². The van der Waals surface area contributed by atoms with Gasteiger partial charge in [0.05, 0.1) is 5.56 Å². The van der Waals surface area contributed by atoms with E-state index in [2.05, 4.69) is 10.6 Å². The quantitative estimate of drug-likeness (QED) is 0.433. The van der Waals surface area contributed by atoms with Crippen LogP contribution in [0.25, 0.3) is 10.8 Å². The number of carbonyl (C=O) groups excluding carboxylic acids is 2. The van der Waals surface area contributed by atoms with E-state index in [1.165, 1.54) is 6.07 Å². The Morgan fingerprint density at radius 3 is 2.19 bits per heavy atom. The fourth-order valence-electron chi connectivity index (χ4n) is 3.18. The van der Waals surface area contributed by atoms with Crippen LogP contribution in [0, 0.1) is 0 Å². The first-order chi connectivity index (χ1) is 15.0. The molecule has 6 heteroatoms. The van der Waals surface area contributed by atoms with Gasteiger partial charge in [0.1, 0.15) is 17.2 Å². The minimum atomic E-state index is -0.457. The van der Waals surface area contributed by atoms with Crippen molar-refractivity contribution >= 4 is 28.3 Å². The molecule has 6 nitrogen and oxygen atoms in total. The molecule has 0 radical (unpaired) electrons. The van der Waals surface area contributed by atoms with E-state index in [9.17, 15) is 14.7 Å². The van der Waals surface area contributed by atoms with Gasteiger partial charge in [-0.05, 0) is 71.4 Å². The first-order valence-electron chi connectivity index (χ1n) is 9.66. The molecule has 0 heterocycles. The van der Waals surface area contributed by atoms with E-state index in [1.54, 1.807) is 55.6 Å². The molecular formula is C25H20N2O4. The zero-order valence-electron chi connectivity index (χ0n) is 16.8. The van der Waals surface area contributed by atoms with Gasteiger partial charge in [0.2, 0.25) is 0 Å². The molecule has 0 unspecified atom stereocenters. The molecule has 2 amide bonds.